The summed E-state index contributed by atoms with van der Waals surface area (Å²) < 4.78 is 14.8. The summed E-state index contributed by atoms with van der Waals surface area (Å²) in [5, 5.41) is 10.1. The predicted octanol–water partition coefficient (Wildman–Crippen LogP) is 2.62. The maximum atomic E-state index is 13.9. The number of pyridine rings is 1. The van der Waals surface area contributed by atoms with Crippen LogP contribution in [0.5, 0.6) is 5.75 Å². The van der Waals surface area contributed by atoms with Crippen LogP contribution in [0.25, 0.3) is 4.85 Å². The Balaban J connectivity index is 2.33. The van der Waals surface area contributed by atoms with Crippen LogP contribution in [0.2, 0.25) is 0 Å². The summed E-state index contributed by atoms with van der Waals surface area (Å²) in [4.78, 5) is 47.7. The third-order valence-electron chi connectivity index (χ3n) is 4.86. The quantitative estimate of drug-likeness (QED) is 0.319. The van der Waals surface area contributed by atoms with Crippen LogP contribution in [-0.4, -0.2) is 25.4 Å². The topological polar surface area (TPSA) is 135 Å². The van der Waals surface area contributed by atoms with Crippen molar-refractivity contribution >= 4 is 17.3 Å². The summed E-state index contributed by atoms with van der Waals surface area (Å²) in [7, 11) is 0. The van der Waals surface area contributed by atoms with E-state index in [0.29, 0.717) is 5.56 Å². The largest absolute Gasteiger partial charge is 0.503 e. The van der Waals surface area contributed by atoms with Gasteiger partial charge in [0.2, 0.25) is 5.78 Å². The van der Waals surface area contributed by atoms with Gasteiger partial charge in [-0.2, -0.15) is 9.37 Å². The van der Waals surface area contributed by atoms with Crippen molar-refractivity contribution < 1.29 is 14.3 Å². The smallest absolute Gasteiger partial charge is 0.329 e. The molecule has 2 aromatic heterocycles. The van der Waals surface area contributed by atoms with Crippen LogP contribution in [0.4, 0.5) is 15.9 Å². The number of carbonyl (C=O) groups excluding carboxylic acids is 1. The lowest BCUT2D eigenvalue weighted by Gasteiger charge is -2.18. The molecule has 0 aliphatic heterocycles. The number of H-pyrrole nitrogens is 1. The number of aromatic nitrogens is 3. The van der Waals surface area contributed by atoms with E-state index in [1.807, 2.05) is 0 Å². The Bertz CT molecular complexity index is 1400. The first-order chi connectivity index (χ1) is 15.0. The second-order valence-corrected chi connectivity index (χ2v) is 7.61. The van der Waals surface area contributed by atoms with Gasteiger partial charge in [-0.05, 0) is 25.0 Å². The molecule has 3 rings (SSSR count). The first kappa shape index (κ1) is 22.4. The van der Waals surface area contributed by atoms with Crippen LogP contribution < -0.4 is 17.0 Å². The molecule has 3 aromatic rings. The summed E-state index contributed by atoms with van der Waals surface area (Å²) in [5.74, 6) is -3.40. The number of aromatic amines is 1. The van der Waals surface area contributed by atoms with Gasteiger partial charge in [0.15, 0.2) is 11.4 Å². The molecule has 0 bridgehead atoms. The molecule has 4 N–H and O–H groups in total. The second kappa shape index (κ2) is 8.47. The molecule has 32 heavy (non-hydrogen) atoms. The average molecular weight is 437 g/mol. The highest BCUT2D eigenvalue weighted by Crippen LogP contribution is 2.26. The normalized spacial score (nSPS) is 10.9. The standard InChI is InChI=1S/C22H20FN5O4/c1-10(2)16-17(18(29)12-5-11(3)6-14(7-12)25-4)28(22(32)27-21(16)31)9-13-8-15(24)26-20(23)19(13)30/h5-8,10,30H,9H2,1-3H3,(H2,24,26)(H,27,31,32). The number of aryl methyl sites for hydroxylation is 1. The van der Waals surface area contributed by atoms with Crippen LogP contribution in [0, 0.1) is 19.4 Å². The molecule has 0 atom stereocenters. The number of rotatable bonds is 5. The summed E-state index contributed by atoms with van der Waals surface area (Å²) in [5.41, 5.74) is 4.62. The zero-order valence-electron chi connectivity index (χ0n) is 17.6. The van der Waals surface area contributed by atoms with Gasteiger partial charge < -0.3 is 10.8 Å². The first-order valence-electron chi connectivity index (χ1n) is 9.58. The van der Waals surface area contributed by atoms with Gasteiger partial charge in [-0.15, -0.1) is 0 Å². The molecule has 9 nitrogen and oxygen atoms in total. The van der Waals surface area contributed by atoms with Crippen molar-refractivity contribution in [1.29, 1.82) is 0 Å². The molecule has 0 unspecified atom stereocenters. The van der Waals surface area contributed by atoms with Crippen LogP contribution in [0.3, 0.4) is 0 Å². The molecule has 0 saturated heterocycles. The van der Waals surface area contributed by atoms with E-state index in [9.17, 15) is 23.9 Å². The number of hydrogen-bond donors (Lipinski definition) is 3. The monoisotopic (exact) mass is 437 g/mol. The van der Waals surface area contributed by atoms with E-state index in [-0.39, 0.29) is 33.9 Å². The maximum Gasteiger partial charge on any atom is 0.329 e. The van der Waals surface area contributed by atoms with E-state index in [1.54, 1.807) is 32.9 Å². The number of nitrogens with two attached hydrogens (primary N) is 1. The Morgan fingerprint density at radius 2 is 2.00 bits per heavy atom. The van der Waals surface area contributed by atoms with Crippen LogP contribution in [0.15, 0.2) is 33.9 Å². The Labute approximate surface area is 181 Å². The SMILES string of the molecule is [C-]#[N+]c1cc(C)cc(C(=O)c2c(C(C)C)c(=O)[nH]c(=O)n2Cc2cc(N)nc(F)c2O)c1. The number of carbonyl (C=O) groups is 1. The maximum absolute atomic E-state index is 13.9. The van der Waals surface area contributed by atoms with Crippen molar-refractivity contribution in [2.24, 2.45) is 0 Å². The third kappa shape index (κ3) is 4.13. The van der Waals surface area contributed by atoms with Gasteiger partial charge in [-0.1, -0.05) is 31.5 Å². The fraction of sp³-hybridized carbons (Fsp3) is 0.227. The highest BCUT2D eigenvalue weighted by Gasteiger charge is 2.26. The fourth-order valence-electron chi connectivity index (χ4n) is 3.48. The van der Waals surface area contributed by atoms with Gasteiger partial charge >= 0.3 is 5.69 Å². The van der Waals surface area contributed by atoms with E-state index in [1.165, 1.54) is 12.1 Å². The minimum Gasteiger partial charge on any atom is -0.503 e. The molecule has 0 saturated carbocycles. The lowest BCUT2D eigenvalue weighted by Crippen LogP contribution is -2.38. The summed E-state index contributed by atoms with van der Waals surface area (Å²) in [6, 6.07) is 5.67. The van der Waals surface area contributed by atoms with Gasteiger partial charge in [0.1, 0.15) is 11.5 Å². The minimum absolute atomic E-state index is 0.0439. The number of anilines is 1. The van der Waals surface area contributed by atoms with Crippen LogP contribution in [-0.2, 0) is 6.54 Å². The van der Waals surface area contributed by atoms with Gasteiger partial charge in [-0.25, -0.2) is 9.64 Å². The lowest BCUT2D eigenvalue weighted by atomic mass is 9.96. The van der Waals surface area contributed by atoms with Crippen LogP contribution >= 0.6 is 0 Å². The highest BCUT2D eigenvalue weighted by molar-refractivity contribution is 6.09. The van der Waals surface area contributed by atoms with E-state index >= 15 is 0 Å². The zero-order chi connectivity index (χ0) is 23.7. The Morgan fingerprint density at radius 1 is 1.31 bits per heavy atom. The molecule has 1 aromatic carbocycles. The number of nitrogen functional groups attached to an aromatic ring is 1. The molecule has 0 amide bonds. The van der Waals surface area contributed by atoms with Crippen LogP contribution in [0.1, 0.15) is 52.5 Å². The van der Waals surface area contributed by atoms with Crippen molar-refractivity contribution in [3.63, 3.8) is 0 Å². The third-order valence-corrected chi connectivity index (χ3v) is 4.86. The van der Waals surface area contributed by atoms with E-state index in [2.05, 4.69) is 14.8 Å². The number of benzene rings is 1. The van der Waals surface area contributed by atoms with E-state index < -0.39 is 41.2 Å². The van der Waals surface area contributed by atoms with Gasteiger partial charge in [0.25, 0.3) is 11.5 Å². The molecule has 0 spiro atoms. The Hall–Kier alpha value is -4.26. The minimum atomic E-state index is -1.23. The molecular formula is C22H20FN5O4. The van der Waals surface area contributed by atoms with Gasteiger partial charge in [-0.3, -0.25) is 19.1 Å². The van der Waals surface area contributed by atoms with Crippen molar-refractivity contribution in [3.8, 4) is 5.75 Å². The summed E-state index contributed by atoms with van der Waals surface area (Å²) in [6.07, 6.45) is 0. The number of halogens is 1. The number of nitrogens with one attached hydrogen (secondary N) is 1. The number of nitrogens with zero attached hydrogens (tertiary/aromatic N) is 3. The summed E-state index contributed by atoms with van der Waals surface area (Å²) in [6.45, 7) is 11.9. The van der Waals surface area contributed by atoms with E-state index in [4.69, 9.17) is 12.3 Å². The predicted molar refractivity (Wildman–Crippen MR) is 116 cm³/mol. The zero-order valence-corrected chi connectivity index (χ0v) is 17.6. The summed E-state index contributed by atoms with van der Waals surface area (Å²) >= 11 is 0. The van der Waals surface area contributed by atoms with Crippen molar-refractivity contribution in [3.05, 3.63) is 90.4 Å². The van der Waals surface area contributed by atoms with Crippen molar-refractivity contribution in [2.45, 2.75) is 33.2 Å². The number of ketones is 1. The molecule has 0 aliphatic carbocycles. The molecular weight excluding hydrogens is 417 g/mol. The second-order valence-electron chi connectivity index (χ2n) is 7.61. The van der Waals surface area contributed by atoms with E-state index in [0.717, 1.165) is 4.57 Å². The van der Waals surface area contributed by atoms with Crippen molar-refractivity contribution in [2.75, 3.05) is 5.73 Å². The molecule has 2 heterocycles. The molecule has 10 heteroatoms. The van der Waals surface area contributed by atoms with Gasteiger partial charge in [0.05, 0.1) is 13.1 Å². The average Bonchev–Trinajstić information content (AvgIpc) is 2.71. The number of aromatic hydroxyl groups is 1. The molecule has 0 fully saturated rings. The molecule has 164 valence electrons. The first-order valence-corrected chi connectivity index (χ1v) is 9.58. The Morgan fingerprint density at radius 3 is 2.62 bits per heavy atom. The molecule has 0 radical (unpaired) electrons. The lowest BCUT2D eigenvalue weighted by molar-refractivity contribution is 0.102. The fourth-order valence-corrected chi connectivity index (χ4v) is 3.48. The number of hydrogen-bond acceptors (Lipinski definition) is 6. The van der Waals surface area contributed by atoms with Gasteiger partial charge in [0, 0.05) is 16.7 Å². The Kier molecular flexibility index (Phi) is 5.93. The van der Waals surface area contributed by atoms with Crippen molar-refractivity contribution in [1.82, 2.24) is 14.5 Å². The highest BCUT2D eigenvalue weighted by atomic mass is 19.1. The molecule has 0 aliphatic rings.